The van der Waals surface area contributed by atoms with Crippen molar-refractivity contribution in [3.8, 4) is 5.75 Å². The van der Waals surface area contributed by atoms with E-state index in [2.05, 4.69) is 10.6 Å². The molecule has 1 aromatic rings. The highest BCUT2D eigenvalue weighted by Gasteiger charge is 2.04. The summed E-state index contributed by atoms with van der Waals surface area (Å²) < 4.78 is 4.97. The molecular weight excluding hydrogens is 266 g/mol. The zero-order valence-electron chi connectivity index (χ0n) is 10.6. The second-order valence-corrected chi connectivity index (χ2v) is 3.81. The third-order valence-corrected chi connectivity index (χ3v) is 2.11. The van der Waals surface area contributed by atoms with E-state index in [0.29, 0.717) is 11.4 Å². The van der Waals surface area contributed by atoms with Crippen molar-refractivity contribution in [2.24, 2.45) is 5.73 Å². The molecule has 0 aromatic heterocycles. The van der Waals surface area contributed by atoms with Crippen LogP contribution in [-0.4, -0.2) is 36.2 Å². The van der Waals surface area contributed by atoms with E-state index in [4.69, 9.17) is 15.6 Å². The molecule has 0 heterocycles. The zero-order valence-corrected chi connectivity index (χ0v) is 10.6. The molecule has 8 nitrogen and oxygen atoms in total. The van der Waals surface area contributed by atoms with Crippen molar-refractivity contribution in [1.29, 1.82) is 0 Å². The van der Waals surface area contributed by atoms with Crippen molar-refractivity contribution in [1.82, 2.24) is 5.32 Å². The Labute approximate surface area is 114 Å². The smallest absolute Gasteiger partial charge is 0.341 e. The second-order valence-electron chi connectivity index (χ2n) is 3.81. The standard InChI is InChI=1S/C12H15N3O5/c13-10(16)4-5-14-12(19)15-8-2-1-3-9(6-8)20-7-11(17)18/h1-3,6H,4-5,7H2,(H2,13,16)(H,17,18)(H2,14,15,19). The lowest BCUT2D eigenvalue weighted by molar-refractivity contribution is -0.139. The lowest BCUT2D eigenvalue weighted by atomic mass is 10.3. The van der Waals surface area contributed by atoms with Gasteiger partial charge in [-0.1, -0.05) is 6.07 Å². The first-order valence-electron chi connectivity index (χ1n) is 5.75. The largest absolute Gasteiger partial charge is 0.482 e. The van der Waals surface area contributed by atoms with Crippen LogP contribution in [-0.2, 0) is 9.59 Å². The monoisotopic (exact) mass is 281 g/mol. The van der Waals surface area contributed by atoms with Crippen LogP contribution in [0.4, 0.5) is 10.5 Å². The van der Waals surface area contributed by atoms with Gasteiger partial charge < -0.3 is 26.2 Å². The van der Waals surface area contributed by atoms with Crippen molar-refractivity contribution < 1.29 is 24.2 Å². The van der Waals surface area contributed by atoms with Crippen LogP contribution in [0.25, 0.3) is 0 Å². The van der Waals surface area contributed by atoms with Gasteiger partial charge in [0.25, 0.3) is 0 Å². The summed E-state index contributed by atoms with van der Waals surface area (Å²) in [6, 6.07) is 5.77. The number of anilines is 1. The number of nitrogens with two attached hydrogens (primary N) is 1. The minimum Gasteiger partial charge on any atom is -0.482 e. The zero-order chi connectivity index (χ0) is 15.0. The highest BCUT2D eigenvalue weighted by molar-refractivity contribution is 5.89. The predicted octanol–water partition coefficient (Wildman–Crippen LogP) is 0.147. The number of amides is 3. The van der Waals surface area contributed by atoms with Crippen LogP contribution in [0.15, 0.2) is 24.3 Å². The van der Waals surface area contributed by atoms with Gasteiger partial charge in [0.05, 0.1) is 0 Å². The highest BCUT2D eigenvalue weighted by atomic mass is 16.5. The number of rotatable bonds is 7. The van der Waals surface area contributed by atoms with Crippen LogP contribution in [0.5, 0.6) is 5.75 Å². The Kier molecular flexibility index (Phi) is 5.82. The first kappa shape index (κ1) is 15.3. The molecule has 0 saturated carbocycles. The third-order valence-electron chi connectivity index (χ3n) is 2.11. The molecule has 3 amide bonds. The number of nitrogens with one attached hydrogen (secondary N) is 2. The maximum Gasteiger partial charge on any atom is 0.341 e. The molecule has 1 aromatic carbocycles. The summed E-state index contributed by atoms with van der Waals surface area (Å²) in [5.74, 6) is -1.27. The van der Waals surface area contributed by atoms with Gasteiger partial charge in [-0.25, -0.2) is 9.59 Å². The van der Waals surface area contributed by atoms with Crippen molar-refractivity contribution in [2.75, 3.05) is 18.5 Å². The van der Waals surface area contributed by atoms with Gasteiger partial charge in [0, 0.05) is 24.7 Å². The van der Waals surface area contributed by atoms with Gasteiger partial charge in [0.2, 0.25) is 5.91 Å². The number of carbonyl (C=O) groups is 3. The molecule has 5 N–H and O–H groups in total. The molecule has 8 heteroatoms. The Bertz CT molecular complexity index is 504. The van der Waals surface area contributed by atoms with Gasteiger partial charge in [0.15, 0.2) is 6.61 Å². The number of hydrogen-bond donors (Lipinski definition) is 4. The molecule has 0 atom stereocenters. The van der Waals surface area contributed by atoms with Crippen LogP contribution in [0.2, 0.25) is 0 Å². The van der Waals surface area contributed by atoms with Crippen molar-refractivity contribution in [2.45, 2.75) is 6.42 Å². The summed E-state index contributed by atoms with van der Waals surface area (Å²) in [4.78, 5) is 32.3. The quantitative estimate of drug-likeness (QED) is 0.565. The summed E-state index contributed by atoms with van der Waals surface area (Å²) >= 11 is 0. The molecule has 0 unspecified atom stereocenters. The Hall–Kier alpha value is -2.77. The van der Waals surface area contributed by atoms with Crippen molar-refractivity contribution in [3.63, 3.8) is 0 Å². The summed E-state index contributed by atoms with van der Waals surface area (Å²) in [5.41, 5.74) is 5.37. The fourth-order valence-electron chi connectivity index (χ4n) is 1.28. The van der Waals surface area contributed by atoms with E-state index in [1.165, 1.54) is 6.07 Å². The predicted molar refractivity (Wildman–Crippen MR) is 70.4 cm³/mol. The Morgan fingerprint density at radius 1 is 1.30 bits per heavy atom. The first-order valence-corrected chi connectivity index (χ1v) is 5.75. The number of primary amides is 1. The topological polar surface area (TPSA) is 131 Å². The molecule has 0 radical (unpaired) electrons. The van der Waals surface area contributed by atoms with E-state index in [1.807, 2.05) is 0 Å². The lowest BCUT2D eigenvalue weighted by Crippen LogP contribution is -2.31. The Morgan fingerprint density at radius 3 is 2.70 bits per heavy atom. The molecule has 0 saturated heterocycles. The van der Waals surface area contributed by atoms with Gasteiger partial charge in [-0.2, -0.15) is 0 Å². The van der Waals surface area contributed by atoms with Crippen LogP contribution < -0.4 is 21.1 Å². The van der Waals surface area contributed by atoms with Gasteiger partial charge in [-0.15, -0.1) is 0 Å². The average molecular weight is 281 g/mol. The molecule has 0 aliphatic heterocycles. The van der Waals surface area contributed by atoms with Crippen molar-refractivity contribution in [3.05, 3.63) is 24.3 Å². The average Bonchev–Trinajstić information content (AvgIpc) is 2.36. The molecule has 0 fully saturated rings. The summed E-state index contributed by atoms with van der Waals surface area (Å²) in [7, 11) is 0. The number of carbonyl (C=O) groups excluding carboxylic acids is 2. The summed E-state index contributed by atoms with van der Waals surface area (Å²) in [5, 5.41) is 13.4. The minimum atomic E-state index is -1.09. The Balaban J connectivity index is 2.46. The Morgan fingerprint density at radius 2 is 2.05 bits per heavy atom. The van der Waals surface area contributed by atoms with E-state index in [0.717, 1.165) is 0 Å². The second kappa shape index (κ2) is 7.62. The molecular formula is C12H15N3O5. The molecule has 0 aliphatic carbocycles. The number of ether oxygens (including phenoxy) is 1. The van der Waals surface area contributed by atoms with Gasteiger partial charge in [-0.3, -0.25) is 4.79 Å². The molecule has 0 spiro atoms. The maximum absolute atomic E-state index is 11.5. The number of carboxylic acid groups (broad SMARTS) is 1. The number of urea groups is 1. The van der Waals surface area contributed by atoms with E-state index in [9.17, 15) is 14.4 Å². The normalized spacial score (nSPS) is 9.60. The van der Waals surface area contributed by atoms with Gasteiger partial charge >= 0.3 is 12.0 Å². The fraction of sp³-hybridized carbons (Fsp3) is 0.250. The van der Waals surface area contributed by atoms with E-state index < -0.39 is 24.5 Å². The van der Waals surface area contributed by atoms with E-state index in [-0.39, 0.29) is 13.0 Å². The summed E-state index contributed by atoms with van der Waals surface area (Å²) in [6.07, 6.45) is 0.0508. The SMILES string of the molecule is NC(=O)CCNC(=O)Nc1cccc(OCC(=O)O)c1. The van der Waals surface area contributed by atoms with Gasteiger partial charge in [-0.05, 0) is 12.1 Å². The number of aliphatic carboxylic acids is 1. The lowest BCUT2D eigenvalue weighted by Gasteiger charge is -2.08. The maximum atomic E-state index is 11.5. The molecule has 1 rings (SSSR count). The van der Waals surface area contributed by atoms with Gasteiger partial charge in [0.1, 0.15) is 5.75 Å². The number of hydrogen-bond acceptors (Lipinski definition) is 4. The van der Waals surface area contributed by atoms with Crippen LogP contribution in [0.1, 0.15) is 6.42 Å². The molecule has 0 aliphatic rings. The van der Waals surface area contributed by atoms with E-state index in [1.54, 1.807) is 18.2 Å². The van der Waals surface area contributed by atoms with Crippen LogP contribution >= 0.6 is 0 Å². The fourth-order valence-corrected chi connectivity index (χ4v) is 1.28. The molecule has 20 heavy (non-hydrogen) atoms. The summed E-state index contributed by atoms with van der Waals surface area (Å²) in [6.45, 7) is -0.329. The number of benzene rings is 1. The van der Waals surface area contributed by atoms with E-state index >= 15 is 0 Å². The molecule has 108 valence electrons. The number of carboxylic acids is 1. The van der Waals surface area contributed by atoms with Crippen LogP contribution in [0.3, 0.4) is 0 Å². The first-order chi connectivity index (χ1) is 9.47. The minimum absolute atomic E-state index is 0.0508. The molecule has 0 bridgehead atoms. The highest BCUT2D eigenvalue weighted by Crippen LogP contribution is 2.17. The van der Waals surface area contributed by atoms with Crippen molar-refractivity contribution >= 4 is 23.6 Å². The van der Waals surface area contributed by atoms with Crippen LogP contribution in [0, 0.1) is 0 Å². The third kappa shape index (κ3) is 6.24.